The van der Waals surface area contributed by atoms with E-state index in [4.69, 9.17) is 22.7 Å². The second-order valence-electron chi connectivity index (χ2n) is 4.83. The fourth-order valence-corrected chi connectivity index (χ4v) is 4.61. The lowest BCUT2D eigenvalue weighted by atomic mass is 9.96. The summed E-state index contributed by atoms with van der Waals surface area (Å²) in [4.78, 5) is 6.65. The van der Waals surface area contributed by atoms with E-state index in [1.807, 2.05) is 0 Å². The monoisotopic (exact) mass is 298 g/mol. The van der Waals surface area contributed by atoms with Crippen LogP contribution in [0.3, 0.4) is 0 Å². The SMILES string of the molecule is CC(C)C1Cc2c(sc3nc(=S)sc(N)c23)CO1. The maximum Gasteiger partial charge on any atom is 0.183 e. The number of aromatic nitrogens is 1. The van der Waals surface area contributed by atoms with E-state index in [0.29, 0.717) is 16.5 Å². The van der Waals surface area contributed by atoms with Gasteiger partial charge in [0, 0.05) is 16.7 Å². The number of rotatable bonds is 1. The van der Waals surface area contributed by atoms with Crippen molar-refractivity contribution in [3.05, 3.63) is 14.4 Å². The van der Waals surface area contributed by atoms with Gasteiger partial charge in [-0.2, -0.15) is 0 Å². The van der Waals surface area contributed by atoms with E-state index < -0.39 is 0 Å². The van der Waals surface area contributed by atoms with Gasteiger partial charge >= 0.3 is 0 Å². The maximum absolute atomic E-state index is 6.12. The molecule has 2 aromatic rings. The Morgan fingerprint density at radius 3 is 2.94 bits per heavy atom. The topological polar surface area (TPSA) is 48.1 Å². The first kappa shape index (κ1) is 12.5. The van der Waals surface area contributed by atoms with Gasteiger partial charge in [0.1, 0.15) is 4.83 Å². The highest BCUT2D eigenvalue weighted by atomic mass is 32.1. The Labute approximate surface area is 119 Å². The van der Waals surface area contributed by atoms with Gasteiger partial charge in [0.25, 0.3) is 0 Å². The lowest BCUT2D eigenvalue weighted by molar-refractivity contribution is 0.00203. The van der Waals surface area contributed by atoms with E-state index >= 15 is 0 Å². The Hall–Kier alpha value is -0.560. The normalized spacial score (nSPS) is 19.4. The molecule has 1 aliphatic rings. The summed E-state index contributed by atoms with van der Waals surface area (Å²) in [6.45, 7) is 5.06. The first-order valence-electron chi connectivity index (χ1n) is 5.88. The quantitative estimate of drug-likeness (QED) is 0.814. The summed E-state index contributed by atoms with van der Waals surface area (Å²) in [5.74, 6) is 0.518. The largest absolute Gasteiger partial charge is 0.390 e. The first-order chi connectivity index (χ1) is 8.56. The van der Waals surface area contributed by atoms with E-state index in [1.165, 1.54) is 21.8 Å². The number of thiophene rings is 1. The second-order valence-corrected chi connectivity index (χ2v) is 7.58. The summed E-state index contributed by atoms with van der Waals surface area (Å²) >= 11 is 8.20. The highest BCUT2D eigenvalue weighted by Crippen LogP contribution is 2.40. The van der Waals surface area contributed by atoms with Crippen molar-refractivity contribution in [1.29, 1.82) is 0 Å². The van der Waals surface area contributed by atoms with Crippen molar-refractivity contribution < 1.29 is 4.74 Å². The summed E-state index contributed by atoms with van der Waals surface area (Å²) in [5, 5.41) is 1.91. The molecule has 3 heterocycles. The first-order valence-corrected chi connectivity index (χ1v) is 7.93. The molecule has 0 aromatic carbocycles. The molecule has 1 unspecified atom stereocenters. The number of nitrogen functional groups attached to an aromatic ring is 1. The van der Waals surface area contributed by atoms with E-state index in [1.54, 1.807) is 11.3 Å². The average molecular weight is 298 g/mol. The molecular formula is C12H14N2OS3. The van der Waals surface area contributed by atoms with Gasteiger partial charge in [-0.3, -0.25) is 0 Å². The number of hydrogen-bond acceptors (Lipinski definition) is 6. The zero-order chi connectivity index (χ0) is 12.9. The van der Waals surface area contributed by atoms with E-state index in [2.05, 4.69) is 18.8 Å². The number of anilines is 1. The molecule has 3 nitrogen and oxygen atoms in total. The molecule has 18 heavy (non-hydrogen) atoms. The van der Waals surface area contributed by atoms with Crippen molar-refractivity contribution in [2.24, 2.45) is 5.92 Å². The highest BCUT2D eigenvalue weighted by molar-refractivity contribution is 7.73. The molecule has 0 amide bonds. The molecule has 2 aromatic heterocycles. The highest BCUT2D eigenvalue weighted by Gasteiger charge is 2.26. The van der Waals surface area contributed by atoms with Crippen LogP contribution in [-0.2, 0) is 17.8 Å². The molecular weight excluding hydrogens is 284 g/mol. The molecule has 1 aliphatic heterocycles. The van der Waals surface area contributed by atoms with Gasteiger partial charge in [-0.05, 0) is 23.7 Å². The standard InChI is InChI=1S/C12H14N2OS3/c1-5(2)7-3-6-8(4-15-7)17-11-9(6)10(13)18-12(16)14-11/h5,7H,3-4,13H2,1-2H3. The lowest BCUT2D eigenvalue weighted by Crippen LogP contribution is -2.26. The Bertz CT molecular complexity index is 659. The second kappa shape index (κ2) is 4.52. The molecule has 0 bridgehead atoms. The predicted octanol–water partition coefficient (Wildman–Crippen LogP) is 3.77. The van der Waals surface area contributed by atoms with Crippen LogP contribution < -0.4 is 5.73 Å². The Morgan fingerprint density at radius 2 is 2.22 bits per heavy atom. The van der Waals surface area contributed by atoms with E-state index in [0.717, 1.165) is 21.6 Å². The lowest BCUT2D eigenvalue weighted by Gasteiger charge is -2.26. The molecule has 6 heteroatoms. The van der Waals surface area contributed by atoms with Gasteiger partial charge in [-0.25, -0.2) is 4.98 Å². The van der Waals surface area contributed by atoms with Crippen LogP contribution in [0.15, 0.2) is 0 Å². The molecule has 0 aliphatic carbocycles. The van der Waals surface area contributed by atoms with Crippen LogP contribution in [0.4, 0.5) is 5.00 Å². The Kier molecular flexibility index (Phi) is 3.13. The predicted molar refractivity (Wildman–Crippen MR) is 79.9 cm³/mol. The molecule has 1 atom stereocenters. The number of nitrogens with zero attached hydrogens (tertiary/aromatic N) is 1. The molecule has 0 saturated carbocycles. The zero-order valence-corrected chi connectivity index (χ0v) is 12.7. The molecule has 0 radical (unpaired) electrons. The van der Waals surface area contributed by atoms with Crippen LogP contribution in [0.2, 0.25) is 0 Å². The number of nitrogens with two attached hydrogens (primary N) is 1. The molecule has 3 rings (SSSR count). The van der Waals surface area contributed by atoms with Crippen molar-refractivity contribution in [2.45, 2.75) is 33.0 Å². The van der Waals surface area contributed by atoms with Crippen molar-refractivity contribution in [3.8, 4) is 0 Å². The van der Waals surface area contributed by atoms with Crippen molar-refractivity contribution >= 4 is 50.1 Å². The maximum atomic E-state index is 6.12. The van der Waals surface area contributed by atoms with Gasteiger partial charge in [0.15, 0.2) is 3.95 Å². The minimum Gasteiger partial charge on any atom is -0.390 e. The summed E-state index contributed by atoms with van der Waals surface area (Å²) in [5.41, 5.74) is 7.45. The van der Waals surface area contributed by atoms with Crippen LogP contribution in [0.5, 0.6) is 0 Å². The van der Waals surface area contributed by atoms with Crippen molar-refractivity contribution in [2.75, 3.05) is 5.73 Å². The van der Waals surface area contributed by atoms with E-state index in [-0.39, 0.29) is 6.10 Å². The summed E-state index contributed by atoms with van der Waals surface area (Å²) < 4.78 is 6.50. The fourth-order valence-electron chi connectivity index (χ4n) is 2.28. The molecule has 0 saturated heterocycles. The number of hydrogen-bond donors (Lipinski definition) is 1. The average Bonchev–Trinajstić information content (AvgIpc) is 2.65. The van der Waals surface area contributed by atoms with Gasteiger partial charge in [-0.1, -0.05) is 25.2 Å². The minimum atomic E-state index is 0.280. The van der Waals surface area contributed by atoms with Gasteiger partial charge < -0.3 is 10.5 Å². The van der Waals surface area contributed by atoms with Gasteiger partial charge in [0.05, 0.1) is 17.7 Å². The van der Waals surface area contributed by atoms with Gasteiger partial charge in [-0.15, -0.1) is 11.3 Å². The third-order valence-electron chi connectivity index (χ3n) is 3.29. The molecule has 96 valence electrons. The molecule has 0 spiro atoms. The summed E-state index contributed by atoms with van der Waals surface area (Å²) in [6, 6.07) is 0. The minimum absolute atomic E-state index is 0.280. The third kappa shape index (κ3) is 1.97. The van der Waals surface area contributed by atoms with E-state index in [9.17, 15) is 0 Å². The summed E-state index contributed by atoms with van der Waals surface area (Å²) in [7, 11) is 0. The van der Waals surface area contributed by atoms with Crippen molar-refractivity contribution in [1.82, 2.24) is 4.98 Å². The van der Waals surface area contributed by atoms with Crippen LogP contribution in [0.1, 0.15) is 24.3 Å². The number of ether oxygens (including phenoxy) is 1. The smallest absolute Gasteiger partial charge is 0.183 e. The Morgan fingerprint density at radius 1 is 1.44 bits per heavy atom. The number of fused-ring (bicyclic) bond motifs is 3. The van der Waals surface area contributed by atoms with Crippen LogP contribution >= 0.6 is 34.9 Å². The van der Waals surface area contributed by atoms with Crippen LogP contribution in [0.25, 0.3) is 10.2 Å². The van der Waals surface area contributed by atoms with Crippen LogP contribution in [-0.4, -0.2) is 11.1 Å². The van der Waals surface area contributed by atoms with Crippen molar-refractivity contribution in [3.63, 3.8) is 0 Å². The Balaban J connectivity index is 2.18. The summed E-state index contributed by atoms with van der Waals surface area (Å²) in [6.07, 6.45) is 1.21. The van der Waals surface area contributed by atoms with Gasteiger partial charge in [0.2, 0.25) is 0 Å². The van der Waals surface area contributed by atoms with Crippen LogP contribution in [0, 0.1) is 9.87 Å². The molecule has 0 fully saturated rings. The fraction of sp³-hybridized carbons (Fsp3) is 0.500. The zero-order valence-electron chi connectivity index (χ0n) is 10.2. The molecule has 2 N–H and O–H groups in total. The third-order valence-corrected chi connectivity index (χ3v) is 5.42.